The number of hydrogen-bond donors (Lipinski definition) is 0. The van der Waals surface area contributed by atoms with Crippen molar-refractivity contribution < 1.29 is 9.34 Å². The number of aromatic nitrogens is 1. The lowest BCUT2D eigenvalue weighted by molar-refractivity contribution is -0.384. The zero-order valence-electron chi connectivity index (χ0n) is 9.24. The lowest BCUT2D eigenvalue weighted by Crippen LogP contribution is -2.18. The van der Waals surface area contributed by atoms with Gasteiger partial charge in [0, 0.05) is 19.3 Å². The summed E-state index contributed by atoms with van der Waals surface area (Å²) >= 11 is 0. The fourth-order valence-electron chi connectivity index (χ4n) is 1.54. The molecule has 2 aromatic rings. The summed E-state index contributed by atoms with van der Waals surface area (Å²) < 4.78 is 5.19. The highest BCUT2D eigenvalue weighted by Gasteiger charge is 2.18. The fraction of sp³-hybridized carbons (Fsp3) is 0.182. The summed E-state index contributed by atoms with van der Waals surface area (Å²) in [6, 6.07) is 6.56. The second-order valence-electron chi connectivity index (χ2n) is 3.54. The van der Waals surface area contributed by atoms with E-state index < -0.39 is 4.92 Å². The molecule has 6 heteroatoms. The van der Waals surface area contributed by atoms with Crippen LogP contribution in [0.25, 0.3) is 0 Å². The van der Waals surface area contributed by atoms with Gasteiger partial charge < -0.3 is 9.32 Å². The van der Waals surface area contributed by atoms with E-state index in [0.29, 0.717) is 12.4 Å². The molecule has 0 aromatic carbocycles. The van der Waals surface area contributed by atoms with E-state index in [1.54, 1.807) is 30.3 Å². The summed E-state index contributed by atoms with van der Waals surface area (Å²) in [5, 5.41) is 10.8. The van der Waals surface area contributed by atoms with E-state index in [4.69, 9.17) is 4.42 Å². The van der Waals surface area contributed by atoms with Crippen LogP contribution in [0.4, 0.5) is 11.5 Å². The second-order valence-corrected chi connectivity index (χ2v) is 3.54. The molecule has 0 aliphatic rings. The summed E-state index contributed by atoms with van der Waals surface area (Å²) in [5.41, 5.74) is -0.0124. The van der Waals surface area contributed by atoms with Crippen LogP contribution in [0, 0.1) is 10.1 Å². The molecule has 0 spiro atoms. The van der Waals surface area contributed by atoms with Crippen LogP contribution in [0.3, 0.4) is 0 Å². The molecule has 2 aromatic heterocycles. The van der Waals surface area contributed by atoms with Gasteiger partial charge in [-0.15, -0.1) is 0 Å². The van der Waals surface area contributed by atoms with E-state index in [1.165, 1.54) is 12.3 Å². The fourth-order valence-corrected chi connectivity index (χ4v) is 1.54. The summed E-state index contributed by atoms with van der Waals surface area (Å²) in [6.07, 6.45) is 3.09. The third-order valence-electron chi connectivity index (χ3n) is 2.30. The van der Waals surface area contributed by atoms with Crippen molar-refractivity contribution in [2.24, 2.45) is 0 Å². The molecule has 2 heterocycles. The molecule has 0 fully saturated rings. The van der Waals surface area contributed by atoms with E-state index >= 15 is 0 Å². The molecule has 0 aliphatic heterocycles. The number of rotatable bonds is 4. The van der Waals surface area contributed by atoms with Crippen LogP contribution in [0.5, 0.6) is 0 Å². The summed E-state index contributed by atoms with van der Waals surface area (Å²) in [7, 11) is 1.73. The Morgan fingerprint density at radius 2 is 2.29 bits per heavy atom. The van der Waals surface area contributed by atoms with Gasteiger partial charge in [0.2, 0.25) is 5.82 Å². The maximum absolute atomic E-state index is 10.8. The Labute approximate surface area is 97.6 Å². The number of furan rings is 1. The molecule has 0 saturated heterocycles. The van der Waals surface area contributed by atoms with E-state index in [9.17, 15) is 10.1 Å². The SMILES string of the molecule is CN(Cc1ccco1)c1ncccc1[N+](=O)[O-]. The zero-order valence-corrected chi connectivity index (χ0v) is 9.24. The lowest BCUT2D eigenvalue weighted by Gasteiger charge is -2.15. The lowest BCUT2D eigenvalue weighted by atomic mass is 10.3. The van der Waals surface area contributed by atoms with Crippen molar-refractivity contribution in [1.82, 2.24) is 4.98 Å². The van der Waals surface area contributed by atoms with Crippen LogP contribution in [0.15, 0.2) is 41.1 Å². The van der Waals surface area contributed by atoms with Gasteiger partial charge in [0.25, 0.3) is 0 Å². The number of hydrogen-bond acceptors (Lipinski definition) is 5. The van der Waals surface area contributed by atoms with Gasteiger partial charge in [0.05, 0.1) is 17.7 Å². The largest absolute Gasteiger partial charge is 0.467 e. The molecule has 88 valence electrons. The van der Waals surface area contributed by atoms with Crippen molar-refractivity contribution in [3.8, 4) is 0 Å². The highest BCUT2D eigenvalue weighted by Crippen LogP contribution is 2.24. The number of nitro groups is 1. The Morgan fingerprint density at radius 3 is 2.94 bits per heavy atom. The highest BCUT2D eigenvalue weighted by atomic mass is 16.6. The smallest absolute Gasteiger partial charge is 0.311 e. The van der Waals surface area contributed by atoms with Crippen molar-refractivity contribution in [1.29, 1.82) is 0 Å². The Morgan fingerprint density at radius 1 is 1.47 bits per heavy atom. The van der Waals surface area contributed by atoms with Crippen LogP contribution in [0.2, 0.25) is 0 Å². The molecule has 0 aliphatic carbocycles. The highest BCUT2D eigenvalue weighted by molar-refractivity contribution is 5.56. The molecular formula is C11H11N3O3. The molecule has 0 atom stereocenters. The third kappa shape index (κ3) is 2.41. The van der Waals surface area contributed by atoms with Crippen LogP contribution in [-0.4, -0.2) is 17.0 Å². The molecule has 0 N–H and O–H groups in total. The van der Waals surface area contributed by atoms with Crippen LogP contribution < -0.4 is 4.90 Å². The van der Waals surface area contributed by atoms with Gasteiger partial charge in [0.1, 0.15) is 5.76 Å². The van der Waals surface area contributed by atoms with E-state index in [-0.39, 0.29) is 5.69 Å². The Kier molecular flexibility index (Phi) is 3.04. The minimum Gasteiger partial charge on any atom is -0.467 e. The molecule has 0 bridgehead atoms. The van der Waals surface area contributed by atoms with Crippen LogP contribution >= 0.6 is 0 Å². The van der Waals surface area contributed by atoms with E-state index in [1.807, 2.05) is 6.07 Å². The average molecular weight is 233 g/mol. The Hall–Kier alpha value is -2.37. The van der Waals surface area contributed by atoms with Gasteiger partial charge in [-0.25, -0.2) is 4.98 Å². The molecule has 2 rings (SSSR count). The first-order valence-electron chi connectivity index (χ1n) is 5.01. The summed E-state index contributed by atoms with van der Waals surface area (Å²) in [5.74, 6) is 1.06. The molecule has 6 nitrogen and oxygen atoms in total. The number of anilines is 1. The van der Waals surface area contributed by atoms with Gasteiger partial charge in [0.15, 0.2) is 0 Å². The second kappa shape index (κ2) is 4.65. The van der Waals surface area contributed by atoms with Gasteiger partial charge in [-0.2, -0.15) is 0 Å². The molecule has 0 amide bonds. The molecule has 17 heavy (non-hydrogen) atoms. The third-order valence-corrected chi connectivity index (χ3v) is 2.30. The normalized spacial score (nSPS) is 10.2. The van der Waals surface area contributed by atoms with Gasteiger partial charge in [-0.3, -0.25) is 10.1 Å². The Bertz CT molecular complexity index is 510. The van der Waals surface area contributed by atoms with Gasteiger partial charge >= 0.3 is 5.69 Å². The topological polar surface area (TPSA) is 72.4 Å². The molecule has 0 saturated carbocycles. The summed E-state index contributed by atoms with van der Waals surface area (Å²) in [4.78, 5) is 16.1. The maximum Gasteiger partial charge on any atom is 0.311 e. The van der Waals surface area contributed by atoms with Crippen molar-refractivity contribution >= 4 is 11.5 Å². The van der Waals surface area contributed by atoms with Crippen LogP contribution in [0.1, 0.15) is 5.76 Å². The first-order valence-corrected chi connectivity index (χ1v) is 5.01. The van der Waals surface area contributed by atoms with Crippen molar-refractivity contribution in [3.05, 3.63) is 52.6 Å². The predicted octanol–water partition coefficient (Wildman–Crippen LogP) is 2.22. The van der Waals surface area contributed by atoms with Crippen molar-refractivity contribution in [2.45, 2.75) is 6.54 Å². The first kappa shape index (κ1) is 11.1. The summed E-state index contributed by atoms with van der Waals surface area (Å²) in [6.45, 7) is 0.435. The minimum absolute atomic E-state index is 0.0124. The zero-order chi connectivity index (χ0) is 12.3. The maximum atomic E-state index is 10.8. The number of pyridine rings is 1. The Balaban J connectivity index is 2.24. The van der Waals surface area contributed by atoms with Gasteiger partial charge in [-0.05, 0) is 18.2 Å². The van der Waals surface area contributed by atoms with Crippen LogP contribution in [-0.2, 0) is 6.54 Å². The van der Waals surface area contributed by atoms with E-state index in [0.717, 1.165) is 5.76 Å². The predicted molar refractivity (Wildman–Crippen MR) is 61.7 cm³/mol. The van der Waals surface area contributed by atoms with Crippen molar-refractivity contribution in [2.75, 3.05) is 11.9 Å². The molecule has 0 unspecified atom stereocenters. The molecular weight excluding hydrogens is 222 g/mol. The molecule has 0 radical (unpaired) electrons. The first-order chi connectivity index (χ1) is 8.18. The number of nitrogens with zero attached hydrogens (tertiary/aromatic N) is 3. The quantitative estimate of drug-likeness (QED) is 0.598. The minimum atomic E-state index is -0.443. The van der Waals surface area contributed by atoms with Gasteiger partial charge in [-0.1, -0.05) is 0 Å². The average Bonchev–Trinajstić information content (AvgIpc) is 2.81. The monoisotopic (exact) mass is 233 g/mol. The van der Waals surface area contributed by atoms with E-state index in [2.05, 4.69) is 4.98 Å². The standard InChI is InChI=1S/C11H11N3O3/c1-13(8-9-4-3-7-17-9)11-10(14(15)16)5-2-6-12-11/h2-7H,8H2,1H3. The van der Waals surface area contributed by atoms with Crippen molar-refractivity contribution in [3.63, 3.8) is 0 Å².